The van der Waals surface area contributed by atoms with Crippen LogP contribution >= 0.6 is 0 Å². The van der Waals surface area contributed by atoms with Crippen LogP contribution in [0.15, 0.2) is 54.6 Å². The van der Waals surface area contributed by atoms with Crippen LogP contribution in [0.2, 0.25) is 0 Å². The molecule has 27 heavy (non-hydrogen) atoms. The maximum absolute atomic E-state index is 13.4. The summed E-state index contributed by atoms with van der Waals surface area (Å²) in [4.78, 5) is 18.7. The number of hydrogen-bond donors (Lipinski definition) is 3. The monoisotopic (exact) mass is 368 g/mol. The van der Waals surface area contributed by atoms with Gasteiger partial charge in [0.25, 0.3) is 0 Å². The Morgan fingerprint density at radius 3 is 2.59 bits per heavy atom. The van der Waals surface area contributed by atoms with Crippen molar-refractivity contribution in [3.05, 3.63) is 76.1 Å². The number of hydrogen-bond acceptors (Lipinski definition) is 7. The summed E-state index contributed by atoms with van der Waals surface area (Å²) in [6.45, 7) is 0.515. The quantitative estimate of drug-likeness (QED) is 0.431. The summed E-state index contributed by atoms with van der Waals surface area (Å²) >= 11 is 0. The molecule has 0 bridgehead atoms. The van der Waals surface area contributed by atoms with Crippen LogP contribution in [0.1, 0.15) is 5.56 Å². The number of halogens is 1. The van der Waals surface area contributed by atoms with Gasteiger partial charge in [0.15, 0.2) is 0 Å². The van der Waals surface area contributed by atoms with E-state index in [0.29, 0.717) is 18.7 Å². The van der Waals surface area contributed by atoms with Gasteiger partial charge in [-0.15, -0.1) is 0 Å². The number of nitrogen functional groups attached to an aromatic ring is 1. The number of nitro groups is 1. The Labute approximate surface area is 154 Å². The molecule has 4 N–H and O–H groups in total. The number of nitrogens with two attached hydrogens (primary N) is 1. The molecular formula is C18H17FN6O2. The Kier molecular flexibility index (Phi) is 5.41. The fourth-order valence-electron chi connectivity index (χ4n) is 2.48. The Balaban J connectivity index is 1.81. The molecule has 0 aliphatic rings. The van der Waals surface area contributed by atoms with E-state index in [0.717, 1.165) is 5.56 Å². The lowest BCUT2D eigenvalue weighted by Gasteiger charge is -2.11. The first-order valence-corrected chi connectivity index (χ1v) is 8.15. The van der Waals surface area contributed by atoms with Crippen molar-refractivity contribution in [2.45, 2.75) is 6.42 Å². The van der Waals surface area contributed by atoms with Gasteiger partial charge in [-0.2, -0.15) is 9.97 Å². The van der Waals surface area contributed by atoms with Crippen molar-refractivity contribution in [1.29, 1.82) is 0 Å². The van der Waals surface area contributed by atoms with Crippen LogP contribution in [0.4, 0.5) is 33.3 Å². The third kappa shape index (κ3) is 4.66. The minimum Gasteiger partial charge on any atom is -0.378 e. The third-order valence-electron chi connectivity index (χ3n) is 3.72. The van der Waals surface area contributed by atoms with E-state index in [1.807, 2.05) is 30.3 Å². The number of anilines is 4. The van der Waals surface area contributed by atoms with Gasteiger partial charge in [0.2, 0.25) is 17.6 Å². The van der Waals surface area contributed by atoms with E-state index in [1.165, 1.54) is 18.2 Å². The average Bonchev–Trinajstić information content (AvgIpc) is 2.62. The summed E-state index contributed by atoms with van der Waals surface area (Å²) < 4.78 is 13.4. The Hall–Kier alpha value is -3.75. The zero-order valence-corrected chi connectivity index (χ0v) is 14.2. The van der Waals surface area contributed by atoms with Gasteiger partial charge in [0.05, 0.1) is 4.92 Å². The highest BCUT2D eigenvalue weighted by atomic mass is 19.1. The highest BCUT2D eigenvalue weighted by Crippen LogP contribution is 2.31. The lowest BCUT2D eigenvalue weighted by atomic mass is 10.1. The first-order valence-electron chi connectivity index (χ1n) is 8.15. The molecule has 0 fully saturated rings. The van der Waals surface area contributed by atoms with E-state index >= 15 is 0 Å². The molecule has 0 aliphatic carbocycles. The first-order chi connectivity index (χ1) is 13.0. The van der Waals surface area contributed by atoms with Crippen molar-refractivity contribution in [3.63, 3.8) is 0 Å². The summed E-state index contributed by atoms with van der Waals surface area (Å²) in [6, 6.07) is 15.3. The van der Waals surface area contributed by atoms with Gasteiger partial charge in [-0.3, -0.25) is 10.1 Å². The van der Waals surface area contributed by atoms with Gasteiger partial charge in [-0.05, 0) is 30.2 Å². The molecule has 0 unspecified atom stereocenters. The molecule has 138 valence electrons. The largest absolute Gasteiger partial charge is 0.378 e. The van der Waals surface area contributed by atoms with Crippen molar-refractivity contribution in [3.8, 4) is 0 Å². The molecule has 9 heteroatoms. The molecule has 0 saturated heterocycles. The Morgan fingerprint density at radius 1 is 1.11 bits per heavy atom. The second kappa shape index (κ2) is 8.09. The van der Waals surface area contributed by atoms with Crippen molar-refractivity contribution in [2.24, 2.45) is 0 Å². The van der Waals surface area contributed by atoms with Gasteiger partial charge in [-0.25, -0.2) is 4.39 Å². The zero-order valence-electron chi connectivity index (χ0n) is 14.2. The van der Waals surface area contributed by atoms with E-state index in [9.17, 15) is 14.5 Å². The average molecular weight is 368 g/mol. The van der Waals surface area contributed by atoms with Gasteiger partial charge < -0.3 is 16.4 Å². The smallest absolute Gasteiger partial charge is 0.353 e. The summed E-state index contributed by atoms with van der Waals surface area (Å²) in [5.74, 6) is -0.727. The second-order valence-corrected chi connectivity index (χ2v) is 5.68. The van der Waals surface area contributed by atoms with Crippen molar-refractivity contribution in [2.75, 3.05) is 22.9 Å². The molecule has 3 aromatic rings. The summed E-state index contributed by atoms with van der Waals surface area (Å²) in [6.07, 6.45) is 0.716. The van der Waals surface area contributed by atoms with Crippen LogP contribution in [0.5, 0.6) is 0 Å². The number of benzene rings is 2. The maximum Gasteiger partial charge on any atom is 0.353 e. The summed E-state index contributed by atoms with van der Waals surface area (Å²) in [5, 5.41) is 17.1. The van der Waals surface area contributed by atoms with E-state index in [4.69, 9.17) is 5.73 Å². The number of aromatic nitrogens is 2. The number of rotatable bonds is 7. The first kappa shape index (κ1) is 18.1. The lowest BCUT2D eigenvalue weighted by Crippen LogP contribution is -2.12. The SMILES string of the molecule is Nc1nc(NCCc2ccccc2)nc(Nc2cccc(F)c2)c1[N+](=O)[O-]. The van der Waals surface area contributed by atoms with Gasteiger partial charge in [-0.1, -0.05) is 36.4 Å². The molecule has 0 amide bonds. The van der Waals surface area contributed by atoms with Gasteiger partial charge >= 0.3 is 5.69 Å². The number of nitrogens with one attached hydrogen (secondary N) is 2. The molecule has 0 aliphatic heterocycles. The lowest BCUT2D eigenvalue weighted by molar-refractivity contribution is -0.383. The van der Waals surface area contributed by atoms with Crippen LogP contribution in [0.3, 0.4) is 0 Å². The predicted molar refractivity (Wildman–Crippen MR) is 101 cm³/mol. The molecule has 0 atom stereocenters. The van der Waals surface area contributed by atoms with Crippen molar-refractivity contribution >= 4 is 29.0 Å². The number of nitrogens with zero attached hydrogens (tertiary/aromatic N) is 3. The molecule has 8 nitrogen and oxygen atoms in total. The van der Waals surface area contributed by atoms with Crippen LogP contribution in [0, 0.1) is 15.9 Å². The normalized spacial score (nSPS) is 10.4. The zero-order chi connectivity index (χ0) is 19.2. The van der Waals surface area contributed by atoms with Crippen LogP contribution in [-0.4, -0.2) is 21.4 Å². The molecule has 0 radical (unpaired) electrons. The highest BCUT2D eigenvalue weighted by Gasteiger charge is 2.23. The second-order valence-electron chi connectivity index (χ2n) is 5.68. The highest BCUT2D eigenvalue weighted by molar-refractivity contribution is 5.74. The molecule has 1 aromatic heterocycles. The summed E-state index contributed by atoms with van der Waals surface area (Å²) in [5.41, 5.74) is 6.71. The minimum atomic E-state index is -0.676. The van der Waals surface area contributed by atoms with E-state index in [-0.39, 0.29) is 17.6 Å². The summed E-state index contributed by atoms with van der Waals surface area (Å²) in [7, 11) is 0. The molecule has 2 aromatic carbocycles. The Morgan fingerprint density at radius 2 is 1.89 bits per heavy atom. The van der Waals surface area contributed by atoms with Crippen molar-refractivity contribution in [1.82, 2.24) is 9.97 Å². The topological polar surface area (TPSA) is 119 Å². The molecule has 1 heterocycles. The van der Waals surface area contributed by atoms with E-state index in [1.54, 1.807) is 6.07 Å². The predicted octanol–water partition coefficient (Wildman–Crippen LogP) is 3.50. The molecule has 0 spiro atoms. The van der Waals surface area contributed by atoms with E-state index in [2.05, 4.69) is 20.6 Å². The fourth-order valence-corrected chi connectivity index (χ4v) is 2.48. The van der Waals surface area contributed by atoms with Gasteiger partial charge in [0.1, 0.15) is 5.82 Å². The van der Waals surface area contributed by atoms with Crippen LogP contribution < -0.4 is 16.4 Å². The van der Waals surface area contributed by atoms with Crippen LogP contribution in [0.25, 0.3) is 0 Å². The fraction of sp³-hybridized carbons (Fsp3) is 0.111. The van der Waals surface area contributed by atoms with Crippen LogP contribution in [-0.2, 0) is 6.42 Å². The Bertz CT molecular complexity index is 952. The van der Waals surface area contributed by atoms with Crippen molar-refractivity contribution < 1.29 is 9.31 Å². The third-order valence-corrected chi connectivity index (χ3v) is 3.72. The molecule has 0 saturated carbocycles. The molecular weight excluding hydrogens is 351 g/mol. The van der Waals surface area contributed by atoms with E-state index < -0.39 is 16.4 Å². The minimum absolute atomic E-state index is 0.111. The maximum atomic E-state index is 13.4. The van der Waals surface area contributed by atoms with Gasteiger partial charge in [0, 0.05) is 12.2 Å². The molecule has 3 rings (SSSR count). The standard InChI is InChI=1S/C18H17FN6O2/c19-13-7-4-8-14(11-13)22-17-15(25(26)27)16(20)23-18(24-17)21-10-9-12-5-2-1-3-6-12/h1-8,11H,9-10H2,(H4,20,21,22,23,24).